The van der Waals surface area contributed by atoms with Crippen LogP contribution in [0.2, 0.25) is 0 Å². The molecular weight excluding hydrogens is 482 g/mol. The molecule has 8 nitrogen and oxygen atoms in total. The van der Waals surface area contributed by atoms with Gasteiger partial charge < -0.3 is 20.1 Å². The van der Waals surface area contributed by atoms with Gasteiger partial charge in [-0.15, -0.1) is 0 Å². The Hall–Kier alpha value is -3.91. The van der Waals surface area contributed by atoms with Crippen molar-refractivity contribution < 1.29 is 24.2 Å². The number of rotatable bonds is 10. The molecule has 0 radical (unpaired) electrons. The number of hydrogen-bond donors (Lipinski definition) is 2. The van der Waals surface area contributed by atoms with Gasteiger partial charge >= 0.3 is 6.09 Å². The summed E-state index contributed by atoms with van der Waals surface area (Å²) >= 11 is 0. The molecule has 0 aromatic heterocycles. The minimum atomic E-state index is -1.21. The molecule has 1 heterocycles. The molecule has 200 valence electrons. The Kier molecular flexibility index (Phi) is 8.97. The lowest BCUT2D eigenvalue weighted by Crippen LogP contribution is -2.56. The predicted molar refractivity (Wildman–Crippen MR) is 146 cm³/mol. The maximum atomic E-state index is 13.9. The first-order valence-corrected chi connectivity index (χ1v) is 13.0. The van der Waals surface area contributed by atoms with Crippen molar-refractivity contribution in [3.8, 4) is 0 Å². The Balaban J connectivity index is 1.60. The normalized spacial score (nSPS) is 16.5. The molecule has 1 saturated heterocycles. The molecule has 4 rings (SSSR count). The lowest BCUT2D eigenvalue weighted by Gasteiger charge is -2.34. The van der Waals surface area contributed by atoms with Gasteiger partial charge in [-0.05, 0) is 34.7 Å². The van der Waals surface area contributed by atoms with E-state index in [4.69, 9.17) is 4.74 Å². The first-order valence-electron chi connectivity index (χ1n) is 13.0. The lowest BCUT2D eigenvalue weighted by atomic mass is 9.96. The van der Waals surface area contributed by atoms with Crippen molar-refractivity contribution in [3.05, 3.63) is 83.9 Å². The molecule has 1 fully saturated rings. The monoisotopic (exact) mass is 517 g/mol. The Morgan fingerprint density at radius 2 is 1.63 bits per heavy atom. The van der Waals surface area contributed by atoms with Crippen LogP contribution in [0.5, 0.6) is 0 Å². The van der Waals surface area contributed by atoms with Gasteiger partial charge in [0.25, 0.3) is 0 Å². The Morgan fingerprint density at radius 3 is 2.34 bits per heavy atom. The predicted octanol–water partition coefficient (Wildman–Crippen LogP) is 3.73. The molecule has 1 aliphatic heterocycles. The molecule has 1 aliphatic rings. The van der Waals surface area contributed by atoms with Gasteiger partial charge in [-0.3, -0.25) is 14.5 Å². The van der Waals surface area contributed by atoms with Gasteiger partial charge in [-0.25, -0.2) is 4.79 Å². The number of nitrogens with zero attached hydrogens (tertiary/aromatic N) is 2. The average molecular weight is 518 g/mol. The Morgan fingerprint density at radius 1 is 0.921 bits per heavy atom. The van der Waals surface area contributed by atoms with Crippen molar-refractivity contribution in [2.24, 2.45) is 0 Å². The van der Waals surface area contributed by atoms with Crippen LogP contribution in [0.4, 0.5) is 4.79 Å². The summed E-state index contributed by atoms with van der Waals surface area (Å²) in [6.45, 7) is 1.06. The van der Waals surface area contributed by atoms with Crippen LogP contribution in [-0.4, -0.2) is 78.2 Å². The van der Waals surface area contributed by atoms with Crippen LogP contribution in [-0.2, 0) is 27.2 Å². The summed E-state index contributed by atoms with van der Waals surface area (Å²) in [7, 11) is 2.97. The SMILES string of the molecule is CN(C(=O)O)[C@H](Cc1cccc2ccccc12)C(=O)N(C)[C@H](Cc1ccccc1)C(=O)NC[C@H]1CCCO1. The largest absolute Gasteiger partial charge is 0.465 e. The molecule has 0 spiro atoms. The third-order valence-electron chi connectivity index (χ3n) is 7.27. The van der Waals surface area contributed by atoms with Crippen molar-refractivity contribution in [3.63, 3.8) is 0 Å². The van der Waals surface area contributed by atoms with E-state index in [0.29, 0.717) is 19.6 Å². The van der Waals surface area contributed by atoms with Crippen LogP contribution in [0, 0.1) is 0 Å². The third kappa shape index (κ3) is 6.50. The zero-order valence-electron chi connectivity index (χ0n) is 21.9. The highest BCUT2D eigenvalue weighted by atomic mass is 16.5. The fourth-order valence-electron chi connectivity index (χ4n) is 4.97. The number of fused-ring (bicyclic) bond motifs is 1. The number of ether oxygens (including phenoxy) is 1. The summed E-state index contributed by atoms with van der Waals surface area (Å²) in [6, 6.07) is 21.3. The molecule has 3 aromatic rings. The van der Waals surface area contributed by atoms with Crippen molar-refractivity contribution in [2.75, 3.05) is 27.2 Å². The smallest absolute Gasteiger partial charge is 0.407 e. The van der Waals surface area contributed by atoms with Crippen LogP contribution in [0.25, 0.3) is 10.8 Å². The van der Waals surface area contributed by atoms with Crippen molar-refractivity contribution >= 4 is 28.7 Å². The van der Waals surface area contributed by atoms with Gasteiger partial charge in [0, 0.05) is 40.1 Å². The maximum Gasteiger partial charge on any atom is 0.407 e. The maximum absolute atomic E-state index is 13.9. The van der Waals surface area contributed by atoms with Crippen LogP contribution >= 0.6 is 0 Å². The van der Waals surface area contributed by atoms with Crippen LogP contribution in [0.1, 0.15) is 24.0 Å². The first kappa shape index (κ1) is 27.1. The molecule has 0 aliphatic carbocycles. The number of amides is 3. The van der Waals surface area contributed by atoms with E-state index >= 15 is 0 Å². The number of nitrogens with one attached hydrogen (secondary N) is 1. The molecule has 0 saturated carbocycles. The molecule has 3 aromatic carbocycles. The van der Waals surface area contributed by atoms with Gasteiger partial charge in [0.2, 0.25) is 11.8 Å². The summed E-state index contributed by atoms with van der Waals surface area (Å²) in [6.07, 6.45) is 1.09. The first-order chi connectivity index (χ1) is 18.3. The van der Waals surface area contributed by atoms with E-state index in [0.717, 1.165) is 39.6 Å². The minimum absolute atomic E-state index is 0.0328. The van der Waals surface area contributed by atoms with Crippen molar-refractivity contribution in [1.82, 2.24) is 15.1 Å². The summed E-state index contributed by atoms with van der Waals surface area (Å²) in [5, 5.41) is 14.8. The third-order valence-corrected chi connectivity index (χ3v) is 7.27. The van der Waals surface area contributed by atoms with E-state index in [1.807, 2.05) is 72.8 Å². The summed E-state index contributed by atoms with van der Waals surface area (Å²) < 4.78 is 5.64. The number of hydrogen-bond acceptors (Lipinski definition) is 4. The summed E-state index contributed by atoms with van der Waals surface area (Å²) in [5.41, 5.74) is 1.77. The molecule has 8 heteroatoms. The highest BCUT2D eigenvalue weighted by Crippen LogP contribution is 2.22. The molecule has 38 heavy (non-hydrogen) atoms. The second-order valence-corrected chi connectivity index (χ2v) is 9.79. The fraction of sp³-hybridized carbons (Fsp3) is 0.367. The van der Waals surface area contributed by atoms with E-state index in [1.54, 1.807) is 7.05 Å². The number of carbonyl (C=O) groups excluding carboxylic acids is 2. The topological polar surface area (TPSA) is 99.2 Å². The Bertz CT molecular complexity index is 1250. The summed E-state index contributed by atoms with van der Waals surface area (Å²) in [4.78, 5) is 41.8. The zero-order chi connectivity index (χ0) is 27.1. The second-order valence-electron chi connectivity index (χ2n) is 9.79. The van der Waals surface area contributed by atoms with Gasteiger partial charge in [-0.1, -0.05) is 72.8 Å². The molecule has 2 N–H and O–H groups in total. The Labute approximate surface area is 223 Å². The van der Waals surface area contributed by atoms with Gasteiger partial charge in [0.05, 0.1) is 6.10 Å². The second kappa shape index (κ2) is 12.6. The van der Waals surface area contributed by atoms with E-state index in [2.05, 4.69) is 5.32 Å². The minimum Gasteiger partial charge on any atom is -0.465 e. The quantitative estimate of drug-likeness (QED) is 0.427. The summed E-state index contributed by atoms with van der Waals surface area (Å²) in [5.74, 6) is -0.724. The zero-order valence-corrected chi connectivity index (χ0v) is 21.9. The number of likely N-dealkylation sites (N-methyl/N-ethyl adjacent to an activating group) is 2. The van der Waals surface area contributed by atoms with E-state index in [1.165, 1.54) is 11.9 Å². The highest BCUT2D eigenvalue weighted by Gasteiger charge is 2.35. The molecular formula is C30H35N3O5. The fourth-order valence-corrected chi connectivity index (χ4v) is 4.97. The van der Waals surface area contributed by atoms with E-state index in [-0.39, 0.29) is 18.4 Å². The molecule has 3 atom stereocenters. The van der Waals surface area contributed by atoms with Crippen LogP contribution < -0.4 is 5.32 Å². The average Bonchev–Trinajstić information content (AvgIpc) is 3.46. The van der Waals surface area contributed by atoms with E-state index in [9.17, 15) is 19.5 Å². The van der Waals surface area contributed by atoms with Gasteiger partial charge in [0.1, 0.15) is 12.1 Å². The van der Waals surface area contributed by atoms with Crippen LogP contribution in [0.15, 0.2) is 72.8 Å². The van der Waals surface area contributed by atoms with Gasteiger partial charge in [-0.2, -0.15) is 0 Å². The number of benzene rings is 3. The van der Waals surface area contributed by atoms with Crippen LogP contribution in [0.3, 0.4) is 0 Å². The van der Waals surface area contributed by atoms with Crippen molar-refractivity contribution in [1.29, 1.82) is 0 Å². The molecule has 0 bridgehead atoms. The van der Waals surface area contributed by atoms with Crippen molar-refractivity contribution in [2.45, 2.75) is 43.9 Å². The standard InChI is InChI=1S/C30H35N3O5/c1-32(26(18-21-10-4-3-5-11-21)28(34)31-20-24-15-9-17-38-24)29(35)27(33(2)30(36)37)19-23-14-8-13-22-12-6-7-16-25(22)23/h3-8,10-14,16,24,26-27H,9,15,17-20H2,1-2H3,(H,31,34)(H,36,37)/t24-,26-,27-/m1/s1. The number of carbonyl (C=O) groups is 3. The highest BCUT2D eigenvalue weighted by molar-refractivity contribution is 5.92. The molecule has 0 unspecified atom stereocenters. The van der Waals surface area contributed by atoms with Gasteiger partial charge in [0.15, 0.2) is 0 Å². The number of carboxylic acid groups (broad SMARTS) is 1. The molecule has 3 amide bonds. The van der Waals surface area contributed by atoms with E-state index < -0.39 is 24.1 Å². The lowest BCUT2D eigenvalue weighted by molar-refractivity contribution is -0.142.